The average Bonchev–Trinajstić information content (AvgIpc) is 2.60. The van der Waals surface area contributed by atoms with Crippen molar-refractivity contribution in [2.24, 2.45) is 10.9 Å². The van der Waals surface area contributed by atoms with Gasteiger partial charge in [0.2, 0.25) is 11.9 Å². The SMILES string of the molecule is CC1=CC(O)N=C(N2CCC(C(=O)NCc3ccc(Cl)cc3)CC2)N1. The molecule has 0 aliphatic carbocycles. The fourth-order valence-corrected chi connectivity index (χ4v) is 3.21. The van der Waals surface area contributed by atoms with Crippen LogP contribution in [0, 0.1) is 5.92 Å². The summed E-state index contributed by atoms with van der Waals surface area (Å²) >= 11 is 5.87. The van der Waals surface area contributed by atoms with Gasteiger partial charge in [0, 0.05) is 36.3 Å². The second-order valence-electron chi connectivity index (χ2n) is 6.45. The van der Waals surface area contributed by atoms with Crippen LogP contribution in [-0.4, -0.2) is 41.2 Å². The Morgan fingerprint density at radius 2 is 2.04 bits per heavy atom. The highest BCUT2D eigenvalue weighted by Crippen LogP contribution is 2.19. The minimum absolute atomic E-state index is 0.00861. The maximum atomic E-state index is 12.4. The number of carbonyl (C=O) groups is 1. The van der Waals surface area contributed by atoms with Crippen LogP contribution in [0.1, 0.15) is 25.3 Å². The maximum Gasteiger partial charge on any atom is 0.223 e. The monoisotopic (exact) mass is 362 g/mol. The number of nitrogens with one attached hydrogen (secondary N) is 2. The topological polar surface area (TPSA) is 77.0 Å². The normalized spacial score (nSPS) is 21.2. The molecular formula is C18H23ClN4O2. The lowest BCUT2D eigenvalue weighted by molar-refractivity contribution is -0.126. The molecule has 2 aliphatic heterocycles. The summed E-state index contributed by atoms with van der Waals surface area (Å²) in [6, 6.07) is 7.48. The van der Waals surface area contributed by atoms with Gasteiger partial charge in [-0.2, -0.15) is 0 Å². The Balaban J connectivity index is 1.47. The fraction of sp³-hybridized carbons (Fsp3) is 0.444. The van der Waals surface area contributed by atoms with Crippen LogP contribution < -0.4 is 10.6 Å². The number of piperidine rings is 1. The van der Waals surface area contributed by atoms with E-state index in [4.69, 9.17) is 11.6 Å². The van der Waals surface area contributed by atoms with E-state index in [1.165, 1.54) is 0 Å². The van der Waals surface area contributed by atoms with Crippen LogP contribution in [0.4, 0.5) is 0 Å². The molecule has 0 radical (unpaired) electrons. The van der Waals surface area contributed by atoms with Crippen molar-refractivity contribution in [1.29, 1.82) is 0 Å². The molecule has 3 N–H and O–H groups in total. The summed E-state index contributed by atoms with van der Waals surface area (Å²) in [4.78, 5) is 18.7. The number of benzene rings is 1. The molecule has 25 heavy (non-hydrogen) atoms. The smallest absolute Gasteiger partial charge is 0.223 e. The second kappa shape index (κ2) is 7.89. The third-order valence-electron chi connectivity index (χ3n) is 4.51. The summed E-state index contributed by atoms with van der Waals surface area (Å²) in [7, 11) is 0. The molecule has 0 saturated carbocycles. The number of likely N-dealkylation sites (tertiary alicyclic amines) is 1. The van der Waals surface area contributed by atoms with Crippen molar-refractivity contribution in [3.63, 3.8) is 0 Å². The summed E-state index contributed by atoms with van der Waals surface area (Å²) in [5, 5.41) is 16.6. The molecule has 0 bridgehead atoms. The molecular weight excluding hydrogens is 340 g/mol. The quantitative estimate of drug-likeness (QED) is 0.767. The van der Waals surface area contributed by atoms with Crippen LogP contribution in [0.2, 0.25) is 5.02 Å². The molecule has 0 aromatic heterocycles. The van der Waals surface area contributed by atoms with Crippen molar-refractivity contribution < 1.29 is 9.90 Å². The van der Waals surface area contributed by atoms with E-state index >= 15 is 0 Å². The van der Waals surface area contributed by atoms with Crippen molar-refractivity contribution in [2.45, 2.75) is 32.5 Å². The summed E-state index contributed by atoms with van der Waals surface area (Å²) in [5.74, 6) is 0.783. The predicted molar refractivity (Wildman–Crippen MR) is 97.9 cm³/mol. The summed E-state index contributed by atoms with van der Waals surface area (Å²) in [6.07, 6.45) is 2.41. The average molecular weight is 363 g/mol. The van der Waals surface area contributed by atoms with Gasteiger partial charge < -0.3 is 20.6 Å². The molecule has 134 valence electrons. The van der Waals surface area contributed by atoms with E-state index in [0.29, 0.717) is 17.5 Å². The van der Waals surface area contributed by atoms with E-state index < -0.39 is 6.23 Å². The number of rotatable bonds is 3. The number of aliphatic hydroxyl groups is 1. The van der Waals surface area contributed by atoms with E-state index in [9.17, 15) is 9.90 Å². The first-order valence-electron chi connectivity index (χ1n) is 8.49. The van der Waals surface area contributed by atoms with Crippen molar-refractivity contribution in [1.82, 2.24) is 15.5 Å². The zero-order valence-electron chi connectivity index (χ0n) is 14.2. The standard InChI is InChI=1S/C18H23ClN4O2/c1-12-10-16(24)22-18(21-12)23-8-6-14(7-9-23)17(25)20-11-13-2-4-15(19)5-3-13/h2-5,10,14,16,24H,6-9,11H2,1H3,(H,20,25)(H,21,22). The Morgan fingerprint density at radius 1 is 1.36 bits per heavy atom. The molecule has 1 aromatic carbocycles. The minimum Gasteiger partial charge on any atom is -0.368 e. The van der Waals surface area contributed by atoms with Gasteiger partial charge in [-0.1, -0.05) is 23.7 Å². The lowest BCUT2D eigenvalue weighted by atomic mass is 9.96. The Bertz CT molecular complexity index is 679. The summed E-state index contributed by atoms with van der Waals surface area (Å²) in [6.45, 7) is 3.89. The zero-order valence-corrected chi connectivity index (χ0v) is 15.0. The molecule has 1 fully saturated rings. The molecule has 2 aliphatic rings. The van der Waals surface area contributed by atoms with E-state index in [0.717, 1.165) is 37.2 Å². The molecule has 1 unspecified atom stereocenters. The van der Waals surface area contributed by atoms with Crippen molar-refractivity contribution in [2.75, 3.05) is 13.1 Å². The van der Waals surface area contributed by atoms with Crippen LogP contribution in [0.25, 0.3) is 0 Å². The van der Waals surface area contributed by atoms with Crippen LogP contribution in [0.5, 0.6) is 0 Å². The zero-order chi connectivity index (χ0) is 17.8. The molecule has 3 rings (SSSR count). The molecule has 1 atom stereocenters. The lowest BCUT2D eigenvalue weighted by Gasteiger charge is -2.35. The highest BCUT2D eigenvalue weighted by molar-refractivity contribution is 6.30. The summed E-state index contributed by atoms with van der Waals surface area (Å²) in [5.41, 5.74) is 1.92. The number of halogens is 1. The number of aliphatic hydroxyl groups excluding tert-OH is 1. The third kappa shape index (κ3) is 4.74. The van der Waals surface area contributed by atoms with Gasteiger partial charge in [-0.15, -0.1) is 0 Å². The molecule has 2 heterocycles. The van der Waals surface area contributed by atoms with E-state index in [1.807, 2.05) is 31.2 Å². The Labute approximate surface area is 152 Å². The van der Waals surface area contributed by atoms with Crippen LogP contribution in [-0.2, 0) is 11.3 Å². The first kappa shape index (κ1) is 17.8. The van der Waals surface area contributed by atoms with Crippen molar-refractivity contribution >= 4 is 23.5 Å². The molecule has 0 spiro atoms. The van der Waals surface area contributed by atoms with Crippen molar-refractivity contribution in [3.05, 3.63) is 46.6 Å². The van der Waals surface area contributed by atoms with Crippen LogP contribution >= 0.6 is 11.6 Å². The number of guanidine groups is 1. The molecule has 1 aromatic rings. The van der Waals surface area contributed by atoms with E-state index in [-0.39, 0.29) is 11.8 Å². The van der Waals surface area contributed by atoms with Gasteiger partial charge >= 0.3 is 0 Å². The van der Waals surface area contributed by atoms with E-state index in [1.54, 1.807) is 6.08 Å². The number of hydrogen-bond donors (Lipinski definition) is 3. The van der Waals surface area contributed by atoms with Gasteiger partial charge in [0.25, 0.3) is 0 Å². The van der Waals surface area contributed by atoms with Gasteiger partial charge in [0.05, 0.1) is 0 Å². The van der Waals surface area contributed by atoms with Gasteiger partial charge in [-0.25, -0.2) is 4.99 Å². The van der Waals surface area contributed by atoms with E-state index in [2.05, 4.69) is 20.5 Å². The first-order chi connectivity index (χ1) is 12.0. The fourth-order valence-electron chi connectivity index (χ4n) is 3.09. The number of aliphatic imine (C=N–C) groups is 1. The highest BCUT2D eigenvalue weighted by atomic mass is 35.5. The van der Waals surface area contributed by atoms with Crippen LogP contribution in [0.3, 0.4) is 0 Å². The minimum atomic E-state index is -0.795. The Hall–Kier alpha value is -2.05. The lowest BCUT2D eigenvalue weighted by Crippen LogP contribution is -2.48. The maximum absolute atomic E-state index is 12.4. The molecule has 1 saturated heterocycles. The number of allylic oxidation sites excluding steroid dienone is 1. The predicted octanol–water partition coefficient (Wildman–Crippen LogP) is 1.85. The second-order valence-corrected chi connectivity index (χ2v) is 6.88. The Morgan fingerprint density at radius 3 is 2.68 bits per heavy atom. The highest BCUT2D eigenvalue weighted by Gasteiger charge is 2.27. The number of carbonyl (C=O) groups excluding carboxylic acids is 1. The van der Waals surface area contributed by atoms with Gasteiger partial charge in [0.15, 0.2) is 6.23 Å². The molecule has 6 nitrogen and oxygen atoms in total. The van der Waals surface area contributed by atoms with Gasteiger partial charge in [0.1, 0.15) is 0 Å². The molecule has 1 amide bonds. The van der Waals surface area contributed by atoms with Gasteiger partial charge in [-0.05, 0) is 43.5 Å². The number of nitrogens with zero attached hydrogens (tertiary/aromatic N) is 2. The largest absolute Gasteiger partial charge is 0.368 e. The number of hydrogen-bond acceptors (Lipinski definition) is 5. The third-order valence-corrected chi connectivity index (χ3v) is 4.76. The van der Waals surface area contributed by atoms with Crippen LogP contribution in [0.15, 0.2) is 41.0 Å². The van der Waals surface area contributed by atoms with Crippen molar-refractivity contribution in [3.8, 4) is 0 Å². The van der Waals surface area contributed by atoms with Gasteiger partial charge in [-0.3, -0.25) is 4.79 Å². The number of amides is 1. The first-order valence-corrected chi connectivity index (χ1v) is 8.87. The molecule has 7 heteroatoms. The Kier molecular flexibility index (Phi) is 5.60. The summed E-state index contributed by atoms with van der Waals surface area (Å²) < 4.78 is 0.